The molecule has 4 heterocycles. The van der Waals surface area contributed by atoms with E-state index in [9.17, 15) is 9.18 Å². The topological polar surface area (TPSA) is 99.2 Å². The molecule has 0 bridgehead atoms. The summed E-state index contributed by atoms with van der Waals surface area (Å²) in [6.07, 6.45) is -0.438. The summed E-state index contributed by atoms with van der Waals surface area (Å²) >= 11 is 5.95. The quantitative estimate of drug-likeness (QED) is 0.449. The molecule has 0 amide bonds. The third-order valence-electron chi connectivity index (χ3n) is 5.67. The van der Waals surface area contributed by atoms with E-state index in [1.165, 1.54) is 16.7 Å². The van der Waals surface area contributed by atoms with E-state index in [1.54, 1.807) is 33.0 Å². The van der Waals surface area contributed by atoms with Gasteiger partial charge >= 0.3 is 0 Å². The number of pyridine rings is 1. The van der Waals surface area contributed by atoms with Gasteiger partial charge < -0.3 is 14.2 Å². The van der Waals surface area contributed by atoms with Gasteiger partial charge in [-0.2, -0.15) is 4.98 Å². The van der Waals surface area contributed by atoms with E-state index in [1.807, 2.05) is 4.90 Å². The van der Waals surface area contributed by atoms with Crippen LogP contribution in [0.4, 0.5) is 10.2 Å². The third-order valence-corrected chi connectivity index (χ3v) is 5.90. The number of ether oxygens (including phenoxy) is 1. The first-order valence-electron chi connectivity index (χ1n) is 10.3. The van der Waals surface area contributed by atoms with Crippen LogP contribution in [0, 0.1) is 19.7 Å². The predicted octanol–water partition coefficient (Wildman–Crippen LogP) is 3.37. The Morgan fingerprint density at radius 2 is 2.00 bits per heavy atom. The number of morpholine rings is 1. The second kappa shape index (κ2) is 8.20. The van der Waals surface area contributed by atoms with Crippen LogP contribution in [-0.2, 0) is 11.8 Å². The number of rotatable bonds is 3. The molecule has 1 saturated heterocycles. The first-order chi connectivity index (χ1) is 15.8. The molecule has 3 aromatic heterocycles. The van der Waals surface area contributed by atoms with Gasteiger partial charge in [-0.05, 0) is 32.0 Å². The Labute approximate surface area is 192 Å². The molecule has 1 fully saturated rings. The molecular formula is C22H20ClFN6O3. The number of benzene rings is 1. The van der Waals surface area contributed by atoms with Gasteiger partial charge in [0.15, 0.2) is 11.9 Å². The molecular weight excluding hydrogens is 451 g/mol. The number of hydrogen-bond acceptors (Lipinski definition) is 8. The van der Waals surface area contributed by atoms with Crippen molar-refractivity contribution >= 4 is 28.3 Å². The molecule has 11 heteroatoms. The van der Waals surface area contributed by atoms with E-state index in [0.29, 0.717) is 48.6 Å². The Morgan fingerprint density at radius 3 is 2.73 bits per heavy atom. The van der Waals surface area contributed by atoms with Crippen molar-refractivity contribution in [3.05, 3.63) is 63.0 Å². The summed E-state index contributed by atoms with van der Waals surface area (Å²) in [4.78, 5) is 28.7. The number of nitrogens with zero attached hydrogens (tertiary/aromatic N) is 6. The van der Waals surface area contributed by atoms with Crippen LogP contribution in [0.2, 0.25) is 5.02 Å². The largest absolute Gasteiger partial charge is 0.365 e. The summed E-state index contributed by atoms with van der Waals surface area (Å²) in [7, 11) is 1.62. The van der Waals surface area contributed by atoms with Crippen LogP contribution in [0.1, 0.15) is 23.6 Å². The minimum absolute atomic E-state index is 0.173. The zero-order valence-corrected chi connectivity index (χ0v) is 18.9. The highest BCUT2D eigenvalue weighted by Crippen LogP contribution is 2.32. The Kier molecular flexibility index (Phi) is 5.34. The lowest BCUT2D eigenvalue weighted by Gasteiger charge is -2.32. The lowest BCUT2D eigenvalue weighted by Crippen LogP contribution is -2.39. The van der Waals surface area contributed by atoms with Crippen molar-refractivity contribution in [2.24, 2.45) is 7.05 Å². The number of aryl methyl sites for hydroxylation is 2. The molecule has 1 atom stereocenters. The summed E-state index contributed by atoms with van der Waals surface area (Å²) in [6.45, 7) is 4.81. The van der Waals surface area contributed by atoms with Gasteiger partial charge in [-0.1, -0.05) is 16.8 Å². The molecule has 33 heavy (non-hydrogen) atoms. The summed E-state index contributed by atoms with van der Waals surface area (Å²) < 4.78 is 27.4. The van der Waals surface area contributed by atoms with Gasteiger partial charge in [0, 0.05) is 30.2 Å². The lowest BCUT2D eigenvalue weighted by atomic mass is 10.1. The van der Waals surface area contributed by atoms with E-state index < -0.39 is 11.9 Å². The monoisotopic (exact) mass is 470 g/mol. The SMILES string of the molecule is Cc1noc([C@@H]2CN(c3cc4nc(C)n(C)c(=O)c4c(-c4ccc(Cl)cc4F)n3)CCO2)n1. The summed E-state index contributed by atoms with van der Waals surface area (Å²) in [5, 5.41) is 4.32. The number of anilines is 1. The molecule has 0 N–H and O–H groups in total. The first kappa shape index (κ1) is 21.5. The van der Waals surface area contributed by atoms with Crippen molar-refractivity contribution in [3.8, 4) is 11.3 Å². The molecule has 0 aliphatic carbocycles. The fourth-order valence-electron chi connectivity index (χ4n) is 3.87. The van der Waals surface area contributed by atoms with Crippen LogP contribution in [-0.4, -0.2) is 44.4 Å². The summed E-state index contributed by atoms with van der Waals surface area (Å²) in [5.41, 5.74) is 0.511. The zero-order chi connectivity index (χ0) is 23.3. The van der Waals surface area contributed by atoms with E-state index >= 15 is 0 Å². The van der Waals surface area contributed by atoms with Gasteiger partial charge in [-0.15, -0.1) is 0 Å². The number of aromatic nitrogens is 5. The molecule has 0 saturated carbocycles. The molecule has 5 rings (SSSR count). The maximum absolute atomic E-state index is 14.9. The molecule has 1 aromatic carbocycles. The smallest absolute Gasteiger partial charge is 0.263 e. The van der Waals surface area contributed by atoms with Gasteiger partial charge in [0.05, 0.1) is 29.7 Å². The highest BCUT2D eigenvalue weighted by atomic mass is 35.5. The van der Waals surface area contributed by atoms with Crippen molar-refractivity contribution in [1.29, 1.82) is 0 Å². The Bertz CT molecular complexity index is 1440. The van der Waals surface area contributed by atoms with Crippen LogP contribution in [0.25, 0.3) is 22.2 Å². The number of hydrogen-bond donors (Lipinski definition) is 0. The standard InChI is InChI=1S/C22H20ClFN6O3/c1-11-25-21(33-28-11)17-10-30(6-7-32-17)18-9-16-19(22(31)29(3)12(2)26-16)20(27-18)14-5-4-13(23)8-15(14)24/h4-5,8-9,17H,6-7,10H2,1-3H3/t17-/m0/s1. The van der Waals surface area contributed by atoms with Crippen LogP contribution in [0.3, 0.4) is 0 Å². The maximum atomic E-state index is 14.9. The molecule has 9 nitrogen and oxygen atoms in total. The van der Waals surface area contributed by atoms with Crippen molar-refractivity contribution in [2.75, 3.05) is 24.6 Å². The van der Waals surface area contributed by atoms with Gasteiger partial charge in [-0.3, -0.25) is 9.36 Å². The van der Waals surface area contributed by atoms with Crippen LogP contribution >= 0.6 is 11.6 Å². The average Bonchev–Trinajstić information content (AvgIpc) is 3.23. The normalized spacial score (nSPS) is 16.5. The van der Waals surface area contributed by atoms with Gasteiger partial charge in [0.2, 0.25) is 0 Å². The van der Waals surface area contributed by atoms with Crippen molar-refractivity contribution in [1.82, 2.24) is 24.7 Å². The van der Waals surface area contributed by atoms with Gasteiger partial charge in [-0.25, -0.2) is 14.4 Å². The summed E-state index contributed by atoms with van der Waals surface area (Å²) in [5.74, 6) is 1.40. The molecule has 4 aromatic rings. The average molecular weight is 471 g/mol. The predicted molar refractivity (Wildman–Crippen MR) is 120 cm³/mol. The van der Waals surface area contributed by atoms with E-state index in [2.05, 4.69) is 15.1 Å². The lowest BCUT2D eigenvalue weighted by molar-refractivity contribution is 0.0184. The van der Waals surface area contributed by atoms with E-state index in [4.69, 9.17) is 25.8 Å². The van der Waals surface area contributed by atoms with Crippen LogP contribution in [0.15, 0.2) is 33.6 Å². The van der Waals surface area contributed by atoms with Gasteiger partial charge in [0.1, 0.15) is 17.5 Å². The highest BCUT2D eigenvalue weighted by Gasteiger charge is 2.28. The van der Waals surface area contributed by atoms with E-state index in [-0.39, 0.29) is 27.2 Å². The summed E-state index contributed by atoms with van der Waals surface area (Å²) in [6, 6.07) is 6.02. The van der Waals surface area contributed by atoms with Crippen molar-refractivity contribution in [3.63, 3.8) is 0 Å². The molecule has 0 radical (unpaired) electrons. The Hall–Kier alpha value is -3.37. The maximum Gasteiger partial charge on any atom is 0.263 e. The van der Waals surface area contributed by atoms with Crippen LogP contribution < -0.4 is 10.5 Å². The fourth-order valence-corrected chi connectivity index (χ4v) is 4.03. The zero-order valence-electron chi connectivity index (χ0n) is 18.2. The van der Waals surface area contributed by atoms with E-state index in [0.717, 1.165) is 0 Å². The molecule has 1 aliphatic rings. The number of halogens is 2. The molecule has 0 spiro atoms. The Morgan fingerprint density at radius 1 is 1.18 bits per heavy atom. The minimum Gasteiger partial charge on any atom is -0.365 e. The molecule has 0 unspecified atom stereocenters. The van der Waals surface area contributed by atoms with Crippen molar-refractivity contribution in [2.45, 2.75) is 20.0 Å². The second-order valence-corrected chi connectivity index (χ2v) is 8.29. The first-order valence-corrected chi connectivity index (χ1v) is 10.7. The molecule has 170 valence electrons. The van der Waals surface area contributed by atoms with Crippen molar-refractivity contribution < 1.29 is 13.7 Å². The third kappa shape index (κ3) is 3.85. The second-order valence-electron chi connectivity index (χ2n) is 7.86. The fraction of sp³-hybridized carbons (Fsp3) is 0.318. The Balaban J connectivity index is 1.67. The highest BCUT2D eigenvalue weighted by molar-refractivity contribution is 6.30. The molecule has 1 aliphatic heterocycles. The van der Waals surface area contributed by atoms with Gasteiger partial charge in [0.25, 0.3) is 11.4 Å². The van der Waals surface area contributed by atoms with Crippen LogP contribution in [0.5, 0.6) is 0 Å². The number of fused-ring (bicyclic) bond motifs is 1. The minimum atomic E-state index is -0.572.